The van der Waals surface area contributed by atoms with Gasteiger partial charge in [-0.25, -0.2) is 4.98 Å². The van der Waals surface area contributed by atoms with Crippen molar-refractivity contribution in [3.8, 4) is 0 Å². The van der Waals surface area contributed by atoms with Gasteiger partial charge in [0.25, 0.3) is 5.91 Å². The molecule has 1 fully saturated rings. The molecule has 0 aromatic carbocycles. The number of nitrogens with one attached hydrogen (secondary N) is 1. The highest BCUT2D eigenvalue weighted by molar-refractivity contribution is 7.91. The number of piperidine rings is 1. The topological polar surface area (TPSA) is 90.4 Å². The number of rotatable bonds is 7. The number of thiophene rings is 1. The van der Waals surface area contributed by atoms with E-state index in [1.54, 1.807) is 18.3 Å². The van der Waals surface area contributed by atoms with Crippen LogP contribution < -0.4 is 5.32 Å². The molecule has 0 radical (unpaired) electrons. The van der Waals surface area contributed by atoms with Gasteiger partial charge in [-0.1, -0.05) is 0 Å². The second-order valence-corrected chi connectivity index (χ2v) is 14.0. The van der Waals surface area contributed by atoms with Crippen molar-refractivity contribution in [2.45, 2.75) is 75.4 Å². The molecule has 1 saturated heterocycles. The maximum Gasteiger partial charge on any atom is 0.443 e. The first-order valence-corrected chi connectivity index (χ1v) is 16.1. The van der Waals surface area contributed by atoms with Crippen LogP contribution in [-0.4, -0.2) is 50.3 Å². The lowest BCUT2D eigenvalue weighted by Gasteiger charge is -2.46. The molecule has 7 nitrogen and oxygen atoms in total. The molecule has 1 spiro atoms. The third kappa shape index (κ3) is 6.09. The fourth-order valence-electron chi connectivity index (χ4n) is 5.35. The van der Waals surface area contributed by atoms with Crippen LogP contribution in [0.4, 0.5) is 13.2 Å². The lowest BCUT2D eigenvalue weighted by Crippen LogP contribution is -2.48. The van der Waals surface area contributed by atoms with Crippen molar-refractivity contribution in [3.63, 3.8) is 0 Å². The fourth-order valence-corrected chi connectivity index (χ4v) is 8.24. The predicted molar refractivity (Wildman–Crippen MR) is 149 cm³/mol. The number of carbonyl (C=O) groups is 1. The second kappa shape index (κ2) is 11.7. The molecule has 0 saturated carbocycles. The van der Waals surface area contributed by atoms with Gasteiger partial charge in [-0.15, -0.1) is 22.7 Å². The number of alkyl halides is 3. The summed E-state index contributed by atoms with van der Waals surface area (Å²) in [5, 5.41) is 2.12. The summed E-state index contributed by atoms with van der Waals surface area (Å²) in [5.41, 5.74) is 1.30. The number of carbonyl (C=O) groups excluding carboxylic acids is 1. The molecule has 5 heterocycles. The molecule has 1 amide bonds. The minimum atomic E-state index is -4.43. The lowest BCUT2D eigenvalue weighted by molar-refractivity contribution is -0.137. The van der Waals surface area contributed by atoms with Gasteiger partial charge < -0.3 is 14.6 Å². The van der Waals surface area contributed by atoms with Crippen molar-refractivity contribution in [3.05, 3.63) is 61.5 Å². The molecule has 3 unspecified atom stereocenters. The quantitative estimate of drug-likeness (QED) is 0.345. The minimum absolute atomic E-state index is 0.00536. The van der Waals surface area contributed by atoms with Crippen LogP contribution in [0.3, 0.4) is 0 Å². The van der Waals surface area contributed by atoms with Gasteiger partial charge in [-0.2, -0.15) is 13.2 Å². The Kier molecular flexibility index (Phi) is 8.61. The highest BCUT2D eigenvalue weighted by Gasteiger charge is 2.45. The summed E-state index contributed by atoms with van der Waals surface area (Å²) in [6, 6.07) is 5.33. The van der Waals surface area contributed by atoms with Crippen LogP contribution in [-0.2, 0) is 40.7 Å². The number of hydrogen-bond donors (Lipinski definition) is 1. The molecule has 5 rings (SSSR count). The Morgan fingerprint density at radius 1 is 1.27 bits per heavy atom. The largest absolute Gasteiger partial charge is 0.611 e. The van der Waals surface area contributed by atoms with Crippen LogP contribution in [0.5, 0.6) is 0 Å². The summed E-state index contributed by atoms with van der Waals surface area (Å²) in [5.74, 6) is 0.346. The number of fused-ring (bicyclic) bond motifs is 2. The summed E-state index contributed by atoms with van der Waals surface area (Å²) in [6.07, 6.45) is 0.587. The maximum absolute atomic E-state index is 13.1. The third-order valence-electron chi connectivity index (χ3n) is 7.46. The third-order valence-corrected chi connectivity index (χ3v) is 11.3. The molecular formula is C27H31F3N4O3S3. The number of thiazole rings is 1. The van der Waals surface area contributed by atoms with E-state index in [2.05, 4.69) is 20.2 Å². The molecule has 1 N–H and O–H groups in total. The van der Waals surface area contributed by atoms with Gasteiger partial charge in [0, 0.05) is 35.1 Å². The zero-order valence-electron chi connectivity index (χ0n) is 22.4. The Labute approximate surface area is 242 Å². The summed E-state index contributed by atoms with van der Waals surface area (Å²) in [4.78, 5) is 26.1. The van der Waals surface area contributed by atoms with Crippen molar-refractivity contribution < 1.29 is 27.3 Å². The van der Waals surface area contributed by atoms with Crippen LogP contribution >= 0.6 is 22.7 Å². The number of amides is 1. The van der Waals surface area contributed by atoms with Crippen molar-refractivity contribution in [2.24, 2.45) is 0 Å². The number of halogens is 3. The van der Waals surface area contributed by atoms with Crippen LogP contribution in [0, 0.1) is 0 Å². The van der Waals surface area contributed by atoms with E-state index in [1.165, 1.54) is 17.5 Å². The number of hydrogen-bond acceptors (Lipinski definition) is 8. The van der Waals surface area contributed by atoms with Crippen molar-refractivity contribution in [2.75, 3.05) is 18.8 Å². The van der Waals surface area contributed by atoms with Crippen molar-refractivity contribution in [1.82, 2.24) is 20.2 Å². The normalized spacial score (nSPS) is 20.7. The highest BCUT2D eigenvalue weighted by Crippen LogP contribution is 2.48. The van der Waals surface area contributed by atoms with E-state index in [1.807, 2.05) is 26.8 Å². The van der Waals surface area contributed by atoms with Gasteiger partial charge in [0.1, 0.15) is 11.4 Å². The first-order chi connectivity index (χ1) is 19.0. The molecule has 40 heavy (non-hydrogen) atoms. The zero-order chi connectivity index (χ0) is 28.7. The molecule has 0 bridgehead atoms. The molecule has 2 aliphatic heterocycles. The first-order valence-electron chi connectivity index (χ1n) is 13.2. The van der Waals surface area contributed by atoms with E-state index in [4.69, 9.17) is 4.74 Å². The standard InChI is InChI=1S/C27H31F3N4O3S3/c1-4-40(36)20-6-5-19(31-14-20)13-32-24(35)21-12-18-11-16(2)37-26(23(18)38-21)7-9-34(10-8-26)17(3)22-15-33-25(39-22)27(28,29)30/h5-6,12,14-17H,4,7-11,13H2,1-3H3,(H,32,35). The van der Waals surface area contributed by atoms with Crippen molar-refractivity contribution in [1.29, 1.82) is 0 Å². The van der Waals surface area contributed by atoms with E-state index >= 15 is 0 Å². The van der Waals surface area contributed by atoms with Crippen LogP contribution in [0.15, 0.2) is 35.5 Å². The van der Waals surface area contributed by atoms with E-state index in [0.717, 1.165) is 16.9 Å². The molecule has 216 valence electrons. The van der Waals surface area contributed by atoms with E-state index in [0.29, 0.717) is 63.4 Å². The lowest BCUT2D eigenvalue weighted by atomic mass is 9.83. The summed E-state index contributed by atoms with van der Waals surface area (Å²) in [7, 11) is 0. The summed E-state index contributed by atoms with van der Waals surface area (Å²) >= 11 is 1.09. The number of pyridine rings is 1. The Hall–Kier alpha value is -2.03. The Morgan fingerprint density at radius 2 is 2.02 bits per heavy atom. The Bertz CT molecular complexity index is 1340. The molecule has 3 aromatic rings. The maximum atomic E-state index is 13.1. The smallest absolute Gasteiger partial charge is 0.443 e. The van der Waals surface area contributed by atoms with Crippen molar-refractivity contribution >= 4 is 39.8 Å². The van der Waals surface area contributed by atoms with E-state index < -0.39 is 28.0 Å². The van der Waals surface area contributed by atoms with Crippen LogP contribution in [0.25, 0.3) is 0 Å². The minimum Gasteiger partial charge on any atom is -0.611 e. The highest BCUT2D eigenvalue weighted by atomic mass is 32.2. The van der Waals surface area contributed by atoms with Gasteiger partial charge in [0.05, 0.1) is 29.4 Å². The van der Waals surface area contributed by atoms with Gasteiger partial charge in [0.15, 0.2) is 9.90 Å². The fraction of sp³-hybridized carbons (Fsp3) is 0.519. The molecule has 0 aliphatic carbocycles. The average molecular weight is 613 g/mol. The second-order valence-electron chi connectivity index (χ2n) is 10.2. The number of ether oxygens (including phenoxy) is 1. The van der Waals surface area contributed by atoms with E-state index in [9.17, 15) is 22.5 Å². The van der Waals surface area contributed by atoms with Gasteiger partial charge in [0.2, 0.25) is 0 Å². The van der Waals surface area contributed by atoms with Gasteiger partial charge in [-0.05, 0) is 75.0 Å². The molecule has 13 heteroatoms. The molecular weight excluding hydrogens is 582 g/mol. The average Bonchev–Trinajstić information content (AvgIpc) is 3.60. The molecule has 3 atom stereocenters. The first kappa shape index (κ1) is 29.5. The molecule has 2 aliphatic rings. The SMILES string of the molecule is CC[S+]([O-])c1ccc(CNC(=O)c2cc3c(s2)C2(CCN(C(C)c4cnc(C(F)(F)F)s4)CC2)OC(C)C3)nc1. The Morgan fingerprint density at radius 3 is 2.65 bits per heavy atom. The summed E-state index contributed by atoms with van der Waals surface area (Å²) < 4.78 is 57.6. The van der Waals surface area contributed by atoms with Gasteiger partial charge in [-0.3, -0.25) is 14.7 Å². The Balaban J connectivity index is 1.25. The number of aromatic nitrogens is 2. The molecule has 3 aromatic heterocycles. The number of nitrogens with zero attached hydrogens (tertiary/aromatic N) is 3. The van der Waals surface area contributed by atoms with Crippen LogP contribution in [0.2, 0.25) is 0 Å². The number of likely N-dealkylation sites (tertiary alicyclic amines) is 1. The van der Waals surface area contributed by atoms with E-state index in [-0.39, 0.29) is 24.6 Å². The van der Waals surface area contributed by atoms with Gasteiger partial charge >= 0.3 is 6.18 Å². The summed E-state index contributed by atoms with van der Waals surface area (Å²) in [6.45, 7) is 7.39. The zero-order valence-corrected chi connectivity index (χ0v) is 24.9. The monoisotopic (exact) mass is 612 g/mol. The predicted octanol–water partition coefficient (Wildman–Crippen LogP) is 5.69. The van der Waals surface area contributed by atoms with Crippen LogP contribution in [0.1, 0.15) is 75.3 Å².